The van der Waals surface area contributed by atoms with Gasteiger partial charge >= 0.3 is 0 Å². The zero-order valence-electron chi connectivity index (χ0n) is 14.3. The molecular weight excluding hydrogens is 308 g/mol. The van der Waals surface area contributed by atoms with Crippen LogP contribution in [0.4, 0.5) is 5.82 Å². The van der Waals surface area contributed by atoms with E-state index in [9.17, 15) is 0 Å². The molecular formula is C21H22N4. The Bertz CT molecular complexity index is 874. The van der Waals surface area contributed by atoms with Crippen molar-refractivity contribution in [1.82, 2.24) is 14.9 Å². The van der Waals surface area contributed by atoms with Crippen molar-refractivity contribution in [3.8, 4) is 0 Å². The second-order valence-corrected chi connectivity index (χ2v) is 7.17. The minimum Gasteiger partial charge on any atom is -0.355 e. The van der Waals surface area contributed by atoms with Gasteiger partial charge in [0.25, 0.3) is 0 Å². The van der Waals surface area contributed by atoms with Gasteiger partial charge in [-0.2, -0.15) is 0 Å². The van der Waals surface area contributed by atoms with Crippen LogP contribution in [-0.4, -0.2) is 40.5 Å². The second kappa shape index (κ2) is 6.12. The maximum atomic E-state index is 4.54. The molecule has 5 rings (SSSR count). The van der Waals surface area contributed by atoms with Crippen molar-refractivity contribution in [3.63, 3.8) is 0 Å². The van der Waals surface area contributed by atoms with Gasteiger partial charge in [0.15, 0.2) is 0 Å². The van der Waals surface area contributed by atoms with Crippen LogP contribution in [0.25, 0.3) is 10.9 Å². The lowest BCUT2D eigenvalue weighted by molar-refractivity contribution is 0.246. The molecule has 2 unspecified atom stereocenters. The first kappa shape index (κ1) is 14.8. The van der Waals surface area contributed by atoms with Gasteiger partial charge in [-0.05, 0) is 48.7 Å². The summed E-state index contributed by atoms with van der Waals surface area (Å²) in [5.74, 6) is 1.88. The Balaban J connectivity index is 1.37. The Morgan fingerprint density at radius 1 is 0.920 bits per heavy atom. The second-order valence-electron chi connectivity index (χ2n) is 7.17. The third-order valence-electron chi connectivity index (χ3n) is 5.75. The molecule has 0 radical (unpaired) electrons. The molecule has 0 bridgehead atoms. The fourth-order valence-electron chi connectivity index (χ4n) is 4.48. The number of benzene rings is 1. The highest BCUT2D eigenvalue weighted by Gasteiger charge is 2.41. The molecule has 0 saturated carbocycles. The van der Waals surface area contributed by atoms with Crippen LogP contribution in [0.3, 0.4) is 0 Å². The van der Waals surface area contributed by atoms with Gasteiger partial charge in [-0.1, -0.05) is 24.3 Å². The Hall–Kier alpha value is -2.46. The summed E-state index contributed by atoms with van der Waals surface area (Å²) in [7, 11) is 0. The number of rotatable bonds is 3. The zero-order chi connectivity index (χ0) is 16.6. The quantitative estimate of drug-likeness (QED) is 0.737. The molecule has 2 fully saturated rings. The van der Waals surface area contributed by atoms with E-state index < -0.39 is 0 Å². The molecule has 1 aromatic carbocycles. The van der Waals surface area contributed by atoms with E-state index in [2.05, 4.69) is 62.2 Å². The first-order valence-electron chi connectivity index (χ1n) is 9.11. The molecule has 126 valence electrons. The van der Waals surface area contributed by atoms with E-state index in [1.165, 1.54) is 23.9 Å². The number of pyridine rings is 2. The number of para-hydroxylation sites is 1. The minimum absolute atomic E-state index is 0.633. The number of nitrogens with zero attached hydrogens (tertiary/aromatic N) is 4. The molecule has 2 aliphatic heterocycles. The first-order valence-corrected chi connectivity index (χ1v) is 9.11. The molecule has 0 spiro atoms. The van der Waals surface area contributed by atoms with Crippen molar-refractivity contribution in [2.24, 2.45) is 5.92 Å². The fraction of sp³-hybridized carbons (Fsp3) is 0.333. The number of likely N-dealkylation sites (tertiary alicyclic amines) is 1. The molecule has 25 heavy (non-hydrogen) atoms. The number of hydrogen-bond acceptors (Lipinski definition) is 4. The van der Waals surface area contributed by atoms with E-state index in [1.807, 2.05) is 18.5 Å². The zero-order valence-corrected chi connectivity index (χ0v) is 14.3. The summed E-state index contributed by atoms with van der Waals surface area (Å²) in [6.45, 7) is 4.43. The van der Waals surface area contributed by atoms with Crippen LogP contribution in [0.1, 0.15) is 12.0 Å². The van der Waals surface area contributed by atoms with Crippen molar-refractivity contribution in [2.45, 2.75) is 19.0 Å². The Kier molecular flexibility index (Phi) is 3.63. The molecule has 2 aliphatic rings. The Morgan fingerprint density at radius 2 is 1.84 bits per heavy atom. The van der Waals surface area contributed by atoms with Gasteiger partial charge in [0.05, 0.1) is 5.52 Å². The molecule has 4 heteroatoms. The highest BCUT2D eigenvalue weighted by atomic mass is 15.3. The van der Waals surface area contributed by atoms with E-state index >= 15 is 0 Å². The van der Waals surface area contributed by atoms with Crippen molar-refractivity contribution < 1.29 is 0 Å². The molecule has 4 nitrogen and oxygen atoms in total. The summed E-state index contributed by atoms with van der Waals surface area (Å²) >= 11 is 0. The maximum Gasteiger partial charge on any atom is 0.128 e. The summed E-state index contributed by atoms with van der Waals surface area (Å²) in [6, 6.07) is 17.5. The van der Waals surface area contributed by atoms with E-state index in [1.54, 1.807) is 0 Å². The largest absolute Gasteiger partial charge is 0.355 e. The van der Waals surface area contributed by atoms with Gasteiger partial charge in [0.1, 0.15) is 5.82 Å². The topological polar surface area (TPSA) is 32.3 Å². The maximum absolute atomic E-state index is 4.54. The smallest absolute Gasteiger partial charge is 0.128 e. The van der Waals surface area contributed by atoms with Crippen LogP contribution in [0.15, 0.2) is 60.9 Å². The van der Waals surface area contributed by atoms with Crippen LogP contribution < -0.4 is 4.90 Å². The molecule has 0 aliphatic carbocycles. The first-order chi connectivity index (χ1) is 12.4. The van der Waals surface area contributed by atoms with Gasteiger partial charge in [-0.25, -0.2) is 4.98 Å². The average molecular weight is 330 g/mol. The highest BCUT2D eigenvalue weighted by molar-refractivity contribution is 5.81. The summed E-state index contributed by atoms with van der Waals surface area (Å²) in [5, 5.41) is 1.29. The van der Waals surface area contributed by atoms with Gasteiger partial charge in [-0.15, -0.1) is 0 Å². The van der Waals surface area contributed by atoms with Gasteiger partial charge < -0.3 is 4.90 Å². The standard InChI is InChI=1S/C21H22N4/c1-2-6-19-18(5-1)16(8-11-22-19)13-24-12-9-17-14-25(15-20(17)24)21-7-3-4-10-23-21/h1-8,10-11,17,20H,9,12-15H2. The van der Waals surface area contributed by atoms with Crippen molar-refractivity contribution >= 4 is 16.7 Å². The molecule has 2 saturated heterocycles. The van der Waals surface area contributed by atoms with Crippen molar-refractivity contribution in [1.29, 1.82) is 0 Å². The summed E-state index contributed by atoms with van der Waals surface area (Å²) in [5.41, 5.74) is 2.49. The van der Waals surface area contributed by atoms with Crippen LogP contribution in [0.5, 0.6) is 0 Å². The third-order valence-corrected chi connectivity index (χ3v) is 5.75. The third kappa shape index (κ3) is 2.67. The van der Waals surface area contributed by atoms with Crippen molar-refractivity contribution in [3.05, 3.63) is 66.5 Å². The van der Waals surface area contributed by atoms with Crippen molar-refractivity contribution in [2.75, 3.05) is 24.5 Å². The summed E-state index contributed by atoms with van der Waals surface area (Å²) in [4.78, 5) is 14.1. The number of aromatic nitrogens is 2. The molecule has 2 aromatic heterocycles. The molecule has 4 heterocycles. The van der Waals surface area contributed by atoms with Crippen LogP contribution >= 0.6 is 0 Å². The normalized spacial score (nSPS) is 23.3. The molecule has 0 N–H and O–H groups in total. The highest BCUT2D eigenvalue weighted by Crippen LogP contribution is 2.34. The van der Waals surface area contributed by atoms with Gasteiger partial charge in [0, 0.05) is 43.5 Å². The van der Waals surface area contributed by atoms with E-state index in [0.29, 0.717) is 6.04 Å². The fourth-order valence-corrected chi connectivity index (χ4v) is 4.48. The lowest BCUT2D eigenvalue weighted by atomic mass is 10.0. The summed E-state index contributed by atoms with van der Waals surface area (Å²) < 4.78 is 0. The Labute approximate surface area is 148 Å². The predicted octanol–water partition coefficient (Wildman–Crippen LogP) is 3.34. The number of hydrogen-bond donors (Lipinski definition) is 0. The van der Waals surface area contributed by atoms with E-state index in [0.717, 1.165) is 36.9 Å². The monoisotopic (exact) mass is 330 g/mol. The van der Waals surface area contributed by atoms with Gasteiger partial charge in [-0.3, -0.25) is 9.88 Å². The minimum atomic E-state index is 0.633. The lowest BCUT2D eigenvalue weighted by Crippen LogP contribution is -2.35. The number of fused-ring (bicyclic) bond motifs is 2. The SMILES string of the molecule is c1ccc(N2CC3CCN(Cc4ccnc5ccccc45)C3C2)nc1. The van der Waals surface area contributed by atoms with E-state index in [4.69, 9.17) is 0 Å². The molecule has 2 atom stereocenters. The van der Waals surface area contributed by atoms with Crippen LogP contribution in [0.2, 0.25) is 0 Å². The lowest BCUT2D eigenvalue weighted by Gasteiger charge is -2.25. The van der Waals surface area contributed by atoms with Crippen LogP contribution in [-0.2, 0) is 6.54 Å². The van der Waals surface area contributed by atoms with Crippen LogP contribution in [0, 0.1) is 5.92 Å². The predicted molar refractivity (Wildman–Crippen MR) is 100 cm³/mol. The Morgan fingerprint density at radius 3 is 2.76 bits per heavy atom. The molecule has 3 aromatic rings. The average Bonchev–Trinajstić information content (AvgIpc) is 3.25. The van der Waals surface area contributed by atoms with Gasteiger partial charge in [0.2, 0.25) is 0 Å². The molecule has 0 amide bonds. The number of anilines is 1. The van der Waals surface area contributed by atoms with E-state index in [-0.39, 0.29) is 0 Å². The summed E-state index contributed by atoms with van der Waals surface area (Å²) in [6.07, 6.45) is 5.13.